The Bertz CT molecular complexity index is 326. The van der Waals surface area contributed by atoms with Gasteiger partial charge in [-0.2, -0.15) is 0 Å². The van der Waals surface area contributed by atoms with Gasteiger partial charge in [-0.15, -0.1) is 0 Å². The average molecular weight is 222 g/mol. The predicted octanol–water partition coefficient (Wildman–Crippen LogP) is 2.44. The fraction of sp³-hybridized carbons (Fsp3) is 0.538. The Morgan fingerprint density at radius 3 is 2.62 bits per heavy atom. The molecule has 0 aliphatic rings. The van der Waals surface area contributed by atoms with Crippen molar-refractivity contribution >= 4 is 11.4 Å². The van der Waals surface area contributed by atoms with Gasteiger partial charge in [0.25, 0.3) is 0 Å². The number of likely N-dealkylation sites (N-methyl/N-ethyl adjacent to an activating group) is 1. The first-order valence-electron chi connectivity index (χ1n) is 5.87. The van der Waals surface area contributed by atoms with Gasteiger partial charge < -0.3 is 15.4 Å². The minimum absolute atomic E-state index is 0.772. The minimum atomic E-state index is 0.772. The van der Waals surface area contributed by atoms with Crippen molar-refractivity contribution in [1.29, 1.82) is 0 Å². The van der Waals surface area contributed by atoms with Crippen molar-refractivity contribution in [3.63, 3.8) is 0 Å². The zero-order valence-electron chi connectivity index (χ0n) is 10.5. The highest BCUT2D eigenvalue weighted by atomic mass is 16.5. The van der Waals surface area contributed by atoms with Crippen LogP contribution in [0.4, 0.5) is 11.4 Å². The lowest BCUT2D eigenvalue weighted by atomic mass is 10.1. The molecule has 0 aliphatic carbocycles. The highest BCUT2D eigenvalue weighted by molar-refractivity contribution is 5.59. The summed E-state index contributed by atoms with van der Waals surface area (Å²) < 4.78 is 5.38. The summed E-state index contributed by atoms with van der Waals surface area (Å²) in [7, 11) is 0. The van der Waals surface area contributed by atoms with Gasteiger partial charge in [0.05, 0.1) is 6.61 Å². The quantitative estimate of drug-likeness (QED) is 0.593. The lowest BCUT2D eigenvalue weighted by Crippen LogP contribution is -2.27. The molecule has 0 saturated carbocycles. The molecule has 0 amide bonds. The first-order chi connectivity index (χ1) is 7.69. The van der Waals surface area contributed by atoms with Crippen LogP contribution in [0.3, 0.4) is 0 Å². The molecule has 0 radical (unpaired) electrons. The van der Waals surface area contributed by atoms with Crippen molar-refractivity contribution in [2.24, 2.45) is 0 Å². The summed E-state index contributed by atoms with van der Waals surface area (Å²) in [6.45, 7) is 9.72. The van der Waals surface area contributed by atoms with E-state index in [9.17, 15) is 0 Å². The zero-order valence-corrected chi connectivity index (χ0v) is 10.5. The van der Waals surface area contributed by atoms with Crippen LogP contribution in [0.25, 0.3) is 0 Å². The van der Waals surface area contributed by atoms with E-state index in [-0.39, 0.29) is 0 Å². The van der Waals surface area contributed by atoms with Crippen molar-refractivity contribution in [3.05, 3.63) is 23.8 Å². The average Bonchev–Trinajstić information content (AvgIpc) is 2.26. The van der Waals surface area contributed by atoms with Crippen LogP contribution >= 0.6 is 0 Å². The van der Waals surface area contributed by atoms with Crippen LogP contribution < -0.4 is 10.6 Å². The highest BCUT2D eigenvalue weighted by Gasteiger charge is 2.06. The Hall–Kier alpha value is -1.22. The van der Waals surface area contributed by atoms with Gasteiger partial charge in [-0.1, -0.05) is 0 Å². The van der Waals surface area contributed by atoms with Gasteiger partial charge in [-0.3, -0.25) is 0 Å². The first-order valence-corrected chi connectivity index (χ1v) is 5.87. The molecule has 0 bridgehead atoms. The van der Waals surface area contributed by atoms with E-state index >= 15 is 0 Å². The summed E-state index contributed by atoms with van der Waals surface area (Å²) in [5.41, 5.74) is 9.04. The molecule has 0 saturated heterocycles. The molecule has 1 aromatic carbocycles. The number of ether oxygens (including phenoxy) is 1. The van der Waals surface area contributed by atoms with Gasteiger partial charge in [-0.25, -0.2) is 0 Å². The minimum Gasteiger partial charge on any atom is -0.399 e. The van der Waals surface area contributed by atoms with Crippen LogP contribution in [-0.4, -0.2) is 26.3 Å². The fourth-order valence-electron chi connectivity index (χ4n) is 1.80. The normalized spacial score (nSPS) is 10.4. The maximum atomic E-state index is 5.75. The lowest BCUT2D eigenvalue weighted by Gasteiger charge is -2.25. The number of nitrogen functional groups attached to an aromatic ring is 1. The molecular formula is C13H22N2O. The van der Waals surface area contributed by atoms with Gasteiger partial charge in [0.2, 0.25) is 0 Å². The molecule has 0 aromatic heterocycles. The van der Waals surface area contributed by atoms with E-state index in [0.717, 1.165) is 32.0 Å². The summed E-state index contributed by atoms with van der Waals surface area (Å²) in [6, 6.07) is 6.05. The second-order valence-electron chi connectivity index (χ2n) is 3.82. The molecule has 1 aromatic rings. The third-order valence-corrected chi connectivity index (χ3v) is 2.65. The Morgan fingerprint density at radius 1 is 1.31 bits per heavy atom. The van der Waals surface area contributed by atoms with E-state index in [1.165, 1.54) is 11.3 Å². The molecule has 0 unspecified atom stereocenters. The van der Waals surface area contributed by atoms with Crippen molar-refractivity contribution in [1.82, 2.24) is 0 Å². The SMILES string of the molecule is CCOCCN(CC)c1ccc(N)cc1C. The molecule has 3 nitrogen and oxygen atoms in total. The van der Waals surface area contributed by atoms with Crippen LogP contribution in [0, 0.1) is 6.92 Å². The summed E-state index contributed by atoms with van der Waals surface area (Å²) in [4.78, 5) is 2.31. The molecule has 0 atom stereocenters. The predicted molar refractivity (Wildman–Crippen MR) is 70.0 cm³/mol. The summed E-state index contributed by atoms with van der Waals surface area (Å²) in [5, 5.41) is 0. The van der Waals surface area contributed by atoms with Crippen molar-refractivity contribution in [2.45, 2.75) is 20.8 Å². The zero-order chi connectivity index (χ0) is 12.0. The third kappa shape index (κ3) is 3.42. The monoisotopic (exact) mass is 222 g/mol. The van der Waals surface area contributed by atoms with Gasteiger partial charge >= 0.3 is 0 Å². The van der Waals surface area contributed by atoms with Crippen LogP contribution in [0.15, 0.2) is 18.2 Å². The van der Waals surface area contributed by atoms with Gasteiger partial charge in [0.15, 0.2) is 0 Å². The number of hydrogen-bond acceptors (Lipinski definition) is 3. The van der Waals surface area contributed by atoms with Crippen LogP contribution in [0.2, 0.25) is 0 Å². The number of hydrogen-bond donors (Lipinski definition) is 1. The van der Waals surface area contributed by atoms with E-state index in [0.29, 0.717) is 0 Å². The first kappa shape index (κ1) is 12.8. The molecule has 0 heterocycles. The molecule has 0 aliphatic heterocycles. The highest BCUT2D eigenvalue weighted by Crippen LogP contribution is 2.21. The van der Waals surface area contributed by atoms with Gasteiger partial charge in [0.1, 0.15) is 0 Å². The van der Waals surface area contributed by atoms with Crippen molar-refractivity contribution < 1.29 is 4.74 Å². The second kappa shape index (κ2) is 6.38. The topological polar surface area (TPSA) is 38.5 Å². The van der Waals surface area contributed by atoms with Crippen LogP contribution in [-0.2, 0) is 4.74 Å². The summed E-state index contributed by atoms with van der Waals surface area (Å²) >= 11 is 0. The third-order valence-electron chi connectivity index (χ3n) is 2.65. The number of nitrogens with two attached hydrogens (primary N) is 1. The summed E-state index contributed by atoms with van der Waals surface area (Å²) in [5.74, 6) is 0. The molecule has 16 heavy (non-hydrogen) atoms. The van der Waals surface area contributed by atoms with Crippen molar-refractivity contribution in [3.8, 4) is 0 Å². The van der Waals surface area contributed by atoms with E-state index in [1.54, 1.807) is 0 Å². The molecular weight excluding hydrogens is 200 g/mol. The Balaban J connectivity index is 2.70. The molecule has 0 fully saturated rings. The van der Waals surface area contributed by atoms with Crippen LogP contribution in [0.1, 0.15) is 19.4 Å². The molecule has 3 heteroatoms. The van der Waals surface area contributed by atoms with Crippen molar-refractivity contribution in [2.75, 3.05) is 36.9 Å². The van der Waals surface area contributed by atoms with E-state index < -0.39 is 0 Å². The number of rotatable bonds is 6. The number of nitrogens with zero attached hydrogens (tertiary/aromatic N) is 1. The smallest absolute Gasteiger partial charge is 0.0641 e. The Kier molecular flexibility index (Phi) is 5.12. The fourth-order valence-corrected chi connectivity index (χ4v) is 1.80. The van der Waals surface area contributed by atoms with Gasteiger partial charge in [-0.05, 0) is 44.5 Å². The number of aryl methyl sites for hydroxylation is 1. The summed E-state index contributed by atoms with van der Waals surface area (Å²) in [6.07, 6.45) is 0. The number of benzene rings is 1. The van der Waals surface area contributed by atoms with E-state index in [1.807, 2.05) is 19.1 Å². The standard InChI is InChI=1S/C13H22N2O/c1-4-15(8-9-16-5-2)13-7-6-12(14)10-11(13)3/h6-7,10H,4-5,8-9,14H2,1-3H3. The molecule has 0 spiro atoms. The Morgan fingerprint density at radius 2 is 2.06 bits per heavy atom. The molecule has 2 N–H and O–H groups in total. The second-order valence-corrected chi connectivity index (χ2v) is 3.82. The van der Waals surface area contributed by atoms with E-state index in [4.69, 9.17) is 10.5 Å². The Labute approximate surface area is 98.2 Å². The largest absolute Gasteiger partial charge is 0.399 e. The maximum absolute atomic E-state index is 5.75. The lowest BCUT2D eigenvalue weighted by molar-refractivity contribution is 0.154. The molecule has 90 valence electrons. The maximum Gasteiger partial charge on any atom is 0.0641 e. The van der Waals surface area contributed by atoms with Gasteiger partial charge in [0, 0.05) is 31.1 Å². The number of anilines is 2. The van der Waals surface area contributed by atoms with E-state index in [2.05, 4.69) is 24.8 Å². The molecule has 1 rings (SSSR count). The van der Waals surface area contributed by atoms with Crippen LogP contribution in [0.5, 0.6) is 0 Å².